The molecule has 0 atom stereocenters. The summed E-state index contributed by atoms with van der Waals surface area (Å²) in [6.07, 6.45) is 1.34. The van der Waals surface area contributed by atoms with Crippen molar-refractivity contribution in [1.82, 2.24) is 15.3 Å². The lowest BCUT2D eigenvalue weighted by atomic mass is 10.0. The number of fused-ring (bicyclic) bond motifs is 1. The lowest BCUT2D eigenvalue weighted by molar-refractivity contribution is -0.120. The summed E-state index contributed by atoms with van der Waals surface area (Å²) in [7, 11) is 0. The summed E-state index contributed by atoms with van der Waals surface area (Å²) in [6, 6.07) is 4.98. The highest BCUT2D eigenvalue weighted by Gasteiger charge is 2.24. The van der Waals surface area contributed by atoms with Gasteiger partial charge in [0.1, 0.15) is 12.1 Å². The lowest BCUT2D eigenvalue weighted by Crippen LogP contribution is -2.48. The Morgan fingerprint density at radius 1 is 1.26 bits per heavy atom. The van der Waals surface area contributed by atoms with E-state index in [4.69, 9.17) is 4.74 Å². The average Bonchev–Trinajstić information content (AvgIpc) is 3.04. The number of hydrogen-bond acceptors (Lipinski definition) is 6. The van der Waals surface area contributed by atoms with E-state index in [1.165, 1.54) is 12.4 Å². The maximum absolute atomic E-state index is 14.2. The number of benzene rings is 1. The lowest BCUT2D eigenvalue weighted by Gasteiger charge is -2.27. The first-order valence-corrected chi connectivity index (χ1v) is 8.89. The number of halogens is 1. The predicted molar refractivity (Wildman–Crippen MR) is 98.8 cm³/mol. The molecule has 0 bridgehead atoms. The molecule has 3 heterocycles. The third-order valence-electron chi connectivity index (χ3n) is 4.44. The van der Waals surface area contributed by atoms with Crippen LogP contribution in [0.4, 0.5) is 10.2 Å². The minimum atomic E-state index is -0.387. The van der Waals surface area contributed by atoms with Gasteiger partial charge in [-0.25, -0.2) is 14.4 Å². The fourth-order valence-corrected chi connectivity index (χ4v) is 3.24. The monoisotopic (exact) mass is 369 g/mol. The summed E-state index contributed by atoms with van der Waals surface area (Å²) < 4.78 is 19.8. The van der Waals surface area contributed by atoms with Crippen molar-refractivity contribution in [1.29, 1.82) is 0 Å². The zero-order valence-electron chi connectivity index (χ0n) is 15.2. The Kier molecular flexibility index (Phi) is 4.47. The molecule has 8 heteroatoms. The molecular formula is C19H20FN5O2. The third-order valence-corrected chi connectivity index (χ3v) is 4.44. The number of anilines is 1. The number of nitrogens with one attached hydrogen (secondary N) is 1. The summed E-state index contributed by atoms with van der Waals surface area (Å²) >= 11 is 0. The Hall–Kier alpha value is -3.03. The van der Waals surface area contributed by atoms with Gasteiger partial charge in [0.2, 0.25) is 5.91 Å². The Balaban J connectivity index is 1.66. The zero-order chi connectivity index (χ0) is 19.0. The van der Waals surface area contributed by atoms with Crippen LogP contribution in [0.5, 0.6) is 5.75 Å². The number of ether oxygens (including phenoxy) is 1. The van der Waals surface area contributed by atoms with Crippen LogP contribution in [-0.4, -0.2) is 47.3 Å². The molecule has 0 spiro atoms. The zero-order valence-corrected chi connectivity index (χ0v) is 15.2. The number of rotatable bonds is 4. The van der Waals surface area contributed by atoms with Gasteiger partial charge in [0, 0.05) is 24.7 Å². The Labute approximate surface area is 156 Å². The van der Waals surface area contributed by atoms with E-state index in [2.05, 4.69) is 20.3 Å². The molecule has 2 aliphatic heterocycles. The highest BCUT2D eigenvalue weighted by atomic mass is 19.1. The summed E-state index contributed by atoms with van der Waals surface area (Å²) in [5.74, 6) is 0.463. The van der Waals surface area contributed by atoms with E-state index in [-0.39, 0.29) is 30.1 Å². The van der Waals surface area contributed by atoms with E-state index in [1.807, 2.05) is 24.8 Å². The fraction of sp³-hybridized carbons (Fsp3) is 0.368. The first kappa shape index (κ1) is 17.4. The van der Waals surface area contributed by atoms with Crippen molar-refractivity contribution in [2.24, 2.45) is 4.99 Å². The van der Waals surface area contributed by atoms with Crippen LogP contribution in [0.25, 0.3) is 0 Å². The molecule has 1 aromatic carbocycles. The standard InChI is InChI=1S/C19H20FN5O2/c1-11(2)27-16-6-13-12(5-14(16)20)8-22-19(13)15-7-17(24-10-23-15)25-4-3-21-18(26)9-25/h5-7,10-11H,3-4,8-9H2,1-2H3,(H,21,26). The normalized spacial score (nSPS) is 16.2. The van der Waals surface area contributed by atoms with Crippen LogP contribution in [0.1, 0.15) is 30.7 Å². The van der Waals surface area contributed by atoms with Crippen LogP contribution >= 0.6 is 0 Å². The van der Waals surface area contributed by atoms with Crippen molar-refractivity contribution < 1.29 is 13.9 Å². The van der Waals surface area contributed by atoms with Crippen LogP contribution < -0.4 is 15.0 Å². The molecule has 0 aliphatic carbocycles. The van der Waals surface area contributed by atoms with Gasteiger partial charge >= 0.3 is 0 Å². The highest BCUT2D eigenvalue weighted by molar-refractivity contribution is 6.14. The number of carbonyl (C=O) groups excluding carboxylic acids is 1. The molecule has 2 aliphatic rings. The van der Waals surface area contributed by atoms with Crippen molar-refractivity contribution in [3.8, 4) is 5.75 Å². The number of carbonyl (C=O) groups is 1. The van der Waals surface area contributed by atoms with Gasteiger partial charge in [0.15, 0.2) is 11.6 Å². The van der Waals surface area contributed by atoms with Crippen LogP contribution in [0.2, 0.25) is 0 Å². The number of piperazine rings is 1. The molecular weight excluding hydrogens is 349 g/mol. The van der Waals surface area contributed by atoms with Crippen molar-refractivity contribution in [3.63, 3.8) is 0 Å². The maximum atomic E-state index is 14.2. The van der Waals surface area contributed by atoms with E-state index in [0.717, 1.165) is 11.1 Å². The SMILES string of the molecule is CC(C)Oc1cc2c(cc1F)CN=C2c1cc(N2CCNC(=O)C2)ncn1. The van der Waals surface area contributed by atoms with Gasteiger partial charge in [-0.1, -0.05) is 0 Å². The third kappa shape index (κ3) is 3.47. The molecule has 7 nitrogen and oxygen atoms in total. The van der Waals surface area contributed by atoms with Gasteiger partial charge in [-0.3, -0.25) is 9.79 Å². The Morgan fingerprint density at radius 3 is 2.89 bits per heavy atom. The van der Waals surface area contributed by atoms with E-state index in [1.54, 1.807) is 6.07 Å². The van der Waals surface area contributed by atoms with Gasteiger partial charge in [-0.05, 0) is 31.5 Å². The maximum Gasteiger partial charge on any atom is 0.239 e. The minimum absolute atomic E-state index is 0.0316. The molecule has 4 rings (SSSR count). The molecule has 0 radical (unpaired) electrons. The minimum Gasteiger partial charge on any atom is -0.488 e. The molecule has 27 heavy (non-hydrogen) atoms. The summed E-state index contributed by atoms with van der Waals surface area (Å²) in [5, 5.41) is 2.79. The second-order valence-corrected chi connectivity index (χ2v) is 6.80. The van der Waals surface area contributed by atoms with E-state index in [0.29, 0.717) is 36.9 Å². The predicted octanol–water partition coefficient (Wildman–Crippen LogP) is 1.69. The second kappa shape index (κ2) is 6.94. The quantitative estimate of drug-likeness (QED) is 0.887. The molecule has 0 saturated carbocycles. The Bertz CT molecular complexity index is 928. The second-order valence-electron chi connectivity index (χ2n) is 6.80. The summed E-state index contributed by atoms with van der Waals surface area (Å²) in [5.41, 5.74) is 2.94. The van der Waals surface area contributed by atoms with Crippen molar-refractivity contribution >= 4 is 17.4 Å². The first-order chi connectivity index (χ1) is 13.0. The van der Waals surface area contributed by atoms with Crippen LogP contribution in [0.3, 0.4) is 0 Å². The topological polar surface area (TPSA) is 79.7 Å². The largest absolute Gasteiger partial charge is 0.488 e. The molecule has 2 aromatic rings. The molecule has 0 unspecified atom stereocenters. The fourth-order valence-electron chi connectivity index (χ4n) is 3.24. The van der Waals surface area contributed by atoms with Crippen molar-refractivity contribution in [3.05, 3.63) is 47.2 Å². The molecule has 1 N–H and O–H groups in total. The molecule has 1 aromatic heterocycles. The number of aromatic nitrogens is 2. The highest BCUT2D eigenvalue weighted by Crippen LogP contribution is 2.30. The molecule has 1 saturated heterocycles. The Morgan fingerprint density at radius 2 is 2.11 bits per heavy atom. The molecule has 1 amide bonds. The number of nitrogens with zero attached hydrogens (tertiary/aromatic N) is 4. The van der Waals surface area contributed by atoms with Gasteiger partial charge in [-0.15, -0.1) is 0 Å². The molecule has 1 fully saturated rings. The van der Waals surface area contributed by atoms with Crippen LogP contribution in [0, 0.1) is 5.82 Å². The first-order valence-electron chi connectivity index (χ1n) is 8.89. The van der Waals surface area contributed by atoms with Gasteiger partial charge in [0.25, 0.3) is 0 Å². The smallest absolute Gasteiger partial charge is 0.239 e. The van der Waals surface area contributed by atoms with Crippen molar-refractivity contribution in [2.45, 2.75) is 26.5 Å². The average molecular weight is 369 g/mol. The summed E-state index contributed by atoms with van der Waals surface area (Å²) in [4.78, 5) is 26.7. The number of aliphatic imine (C=N–C) groups is 1. The van der Waals surface area contributed by atoms with E-state index in [9.17, 15) is 9.18 Å². The molecule has 140 valence electrons. The van der Waals surface area contributed by atoms with Crippen molar-refractivity contribution in [2.75, 3.05) is 24.5 Å². The number of amides is 1. The van der Waals surface area contributed by atoms with Gasteiger partial charge < -0.3 is 15.0 Å². The van der Waals surface area contributed by atoms with Gasteiger partial charge in [-0.2, -0.15) is 0 Å². The van der Waals surface area contributed by atoms with E-state index < -0.39 is 0 Å². The van der Waals surface area contributed by atoms with Crippen LogP contribution in [0.15, 0.2) is 29.5 Å². The number of hydrogen-bond donors (Lipinski definition) is 1. The summed E-state index contributed by atoms with van der Waals surface area (Å²) in [6.45, 7) is 5.63. The van der Waals surface area contributed by atoms with Gasteiger partial charge in [0.05, 0.1) is 30.6 Å². The van der Waals surface area contributed by atoms with E-state index >= 15 is 0 Å². The van der Waals surface area contributed by atoms with Crippen LogP contribution in [-0.2, 0) is 11.3 Å².